The Morgan fingerprint density at radius 1 is 1.19 bits per heavy atom. The summed E-state index contributed by atoms with van der Waals surface area (Å²) in [5.41, 5.74) is 1.11. The molecular weight excluding hydrogens is 502 g/mol. The Morgan fingerprint density at radius 2 is 2.00 bits per heavy atom. The molecule has 36 heavy (non-hydrogen) atoms. The molecule has 1 saturated heterocycles. The molecule has 3 aromatic rings. The van der Waals surface area contributed by atoms with E-state index in [2.05, 4.69) is 10.3 Å². The second-order valence-corrected chi connectivity index (χ2v) is 10.8. The van der Waals surface area contributed by atoms with Gasteiger partial charge in [0.1, 0.15) is 6.04 Å². The summed E-state index contributed by atoms with van der Waals surface area (Å²) in [6.07, 6.45) is 4.57. The van der Waals surface area contributed by atoms with E-state index in [4.69, 9.17) is 21.1 Å². The van der Waals surface area contributed by atoms with Crippen molar-refractivity contribution in [3.63, 3.8) is 0 Å². The van der Waals surface area contributed by atoms with Crippen LogP contribution in [0.2, 0.25) is 5.02 Å². The van der Waals surface area contributed by atoms with Crippen LogP contribution in [-0.2, 0) is 15.0 Å². The van der Waals surface area contributed by atoms with Gasteiger partial charge in [-0.2, -0.15) is 0 Å². The lowest BCUT2D eigenvalue weighted by molar-refractivity contribution is -0.142. The quantitative estimate of drug-likeness (QED) is 0.455. The lowest BCUT2D eigenvalue weighted by Crippen LogP contribution is -2.39. The first-order valence-electron chi connectivity index (χ1n) is 11.9. The zero-order valence-corrected chi connectivity index (χ0v) is 20.8. The Labute approximate surface area is 216 Å². The monoisotopic (exact) mass is 525 g/mol. The Bertz CT molecular complexity index is 1340. The molecule has 1 saturated carbocycles. The number of carboxylic acid groups (broad SMARTS) is 1. The highest BCUT2D eigenvalue weighted by Crippen LogP contribution is 2.51. The van der Waals surface area contributed by atoms with Crippen LogP contribution in [0.3, 0.4) is 0 Å². The standard InChI is InChI=1S/C26H24ClN3O5S/c27-17-5-2-1-4-16(17)22(30-11-3-6-18(30)23(31)32)21-13-28-25(36-21)29-24(33)26(9-10-26)15-7-8-19-20(12-15)35-14-34-19/h1-2,4-5,7-8,12-13,18,22H,3,6,9-11,14H2,(H,31,32)(H,28,29,33). The molecule has 2 unspecified atom stereocenters. The van der Waals surface area contributed by atoms with Crippen LogP contribution in [0.5, 0.6) is 11.5 Å². The zero-order chi connectivity index (χ0) is 24.9. The highest BCUT2D eigenvalue weighted by Gasteiger charge is 2.52. The number of nitrogens with zero attached hydrogens (tertiary/aromatic N) is 2. The normalized spacial score (nSPS) is 20.8. The number of hydrogen-bond acceptors (Lipinski definition) is 7. The van der Waals surface area contributed by atoms with Gasteiger partial charge in [0.2, 0.25) is 12.7 Å². The summed E-state index contributed by atoms with van der Waals surface area (Å²) in [7, 11) is 0. The molecule has 8 nitrogen and oxygen atoms in total. The second-order valence-electron chi connectivity index (χ2n) is 9.33. The number of amides is 1. The van der Waals surface area contributed by atoms with E-state index < -0.39 is 17.4 Å². The predicted molar refractivity (Wildman–Crippen MR) is 135 cm³/mol. The lowest BCUT2D eigenvalue weighted by Gasteiger charge is -2.31. The largest absolute Gasteiger partial charge is 0.480 e. The van der Waals surface area contributed by atoms with E-state index in [9.17, 15) is 14.7 Å². The van der Waals surface area contributed by atoms with E-state index in [0.29, 0.717) is 34.6 Å². The maximum Gasteiger partial charge on any atom is 0.320 e. The average Bonchev–Trinajstić information content (AvgIpc) is 3.20. The average molecular weight is 526 g/mol. The number of aliphatic carboxylic acids is 1. The number of nitrogens with one attached hydrogen (secondary N) is 1. The number of rotatable bonds is 7. The number of aromatic nitrogens is 1. The molecule has 2 atom stereocenters. The third-order valence-corrected chi connectivity index (χ3v) is 8.54. The van der Waals surface area contributed by atoms with Crippen molar-refractivity contribution in [3.05, 3.63) is 69.7 Å². The van der Waals surface area contributed by atoms with Crippen LogP contribution in [-0.4, -0.2) is 46.2 Å². The van der Waals surface area contributed by atoms with Crippen LogP contribution in [0.4, 0.5) is 5.13 Å². The van der Waals surface area contributed by atoms with Crippen molar-refractivity contribution in [2.24, 2.45) is 0 Å². The summed E-state index contributed by atoms with van der Waals surface area (Å²) in [4.78, 5) is 32.6. The van der Waals surface area contributed by atoms with Crippen LogP contribution in [0.25, 0.3) is 0 Å². The molecule has 0 bridgehead atoms. The van der Waals surface area contributed by atoms with E-state index in [1.807, 2.05) is 47.4 Å². The number of halogens is 1. The molecule has 1 aromatic heterocycles. The summed E-state index contributed by atoms with van der Waals surface area (Å²) in [6, 6.07) is 12.1. The smallest absolute Gasteiger partial charge is 0.320 e. The fourth-order valence-corrected chi connectivity index (χ4v) is 6.40. The highest BCUT2D eigenvalue weighted by atomic mass is 35.5. The number of thiazole rings is 1. The van der Waals surface area contributed by atoms with Gasteiger partial charge in [-0.15, -0.1) is 0 Å². The van der Waals surface area contributed by atoms with Gasteiger partial charge in [-0.25, -0.2) is 4.98 Å². The summed E-state index contributed by atoms with van der Waals surface area (Å²) >= 11 is 7.91. The minimum absolute atomic E-state index is 0.110. The van der Waals surface area contributed by atoms with Gasteiger partial charge in [0.15, 0.2) is 16.6 Å². The number of fused-ring (bicyclic) bond motifs is 1. The molecule has 2 aromatic carbocycles. The predicted octanol–water partition coefficient (Wildman–Crippen LogP) is 4.83. The summed E-state index contributed by atoms with van der Waals surface area (Å²) in [6.45, 7) is 0.825. The first-order valence-corrected chi connectivity index (χ1v) is 13.1. The zero-order valence-electron chi connectivity index (χ0n) is 19.3. The number of anilines is 1. The van der Waals surface area contributed by atoms with Gasteiger partial charge in [-0.1, -0.05) is 47.2 Å². The maximum absolute atomic E-state index is 13.4. The Kier molecular flexibility index (Phi) is 5.86. The number of benzene rings is 2. The molecule has 2 N–H and O–H groups in total. The summed E-state index contributed by atoms with van der Waals surface area (Å²) < 4.78 is 10.9. The van der Waals surface area contributed by atoms with Crippen molar-refractivity contribution in [2.45, 2.75) is 43.2 Å². The van der Waals surface area contributed by atoms with Crippen LogP contribution in [0.1, 0.15) is 47.7 Å². The minimum Gasteiger partial charge on any atom is -0.480 e. The maximum atomic E-state index is 13.4. The molecule has 3 heterocycles. The van der Waals surface area contributed by atoms with E-state index >= 15 is 0 Å². The number of likely N-dealkylation sites (tertiary alicyclic amines) is 1. The number of carboxylic acids is 1. The van der Waals surface area contributed by atoms with E-state index in [0.717, 1.165) is 35.3 Å². The van der Waals surface area contributed by atoms with Gasteiger partial charge >= 0.3 is 5.97 Å². The minimum atomic E-state index is -0.845. The van der Waals surface area contributed by atoms with E-state index in [1.165, 1.54) is 11.3 Å². The Balaban J connectivity index is 1.27. The first kappa shape index (κ1) is 23.3. The Morgan fingerprint density at radius 3 is 2.78 bits per heavy atom. The molecular formula is C26H24ClN3O5S. The molecule has 0 radical (unpaired) electrons. The molecule has 1 aliphatic carbocycles. The molecule has 2 fully saturated rings. The van der Waals surface area contributed by atoms with Crippen LogP contribution >= 0.6 is 22.9 Å². The third-order valence-electron chi connectivity index (χ3n) is 7.23. The van der Waals surface area contributed by atoms with Gasteiger partial charge in [0, 0.05) is 22.6 Å². The van der Waals surface area contributed by atoms with Gasteiger partial charge in [0.25, 0.3) is 0 Å². The number of carbonyl (C=O) groups excluding carboxylic acids is 1. The molecule has 0 spiro atoms. The van der Waals surface area contributed by atoms with Crippen molar-refractivity contribution in [2.75, 3.05) is 18.7 Å². The first-order chi connectivity index (χ1) is 17.5. The topological polar surface area (TPSA) is 101 Å². The molecule has 186 valence electrons. The Hall–Kier alpha value is -3.14. The van der Waals surface area contributed by atoms with Crippen LogP contribution in [0.15, 0.2) is 48.7 Å². The second kappa shape index (κ2) is 9.06. The van der Waals surface area contributed by atoms with Crippen molar-refractivity contribution in [1.82, 2.24) is 9.88 Å². The number of carbonyl (C=O) groups is 2. The van der Waals surface area contributed by atoms with Crippen LogP contribution in [0, 0.1) is 0 Å². The summed E-state index contributed by atoms with van der Waals surface area (Å²) in [5.74, 6) is 0.388. The molecule has 2 aliphatic heterocycles. The third kappa shape index (κ3) is 4.01. The van der Waals surface area contributed by atoms with E-state index in [1.54, 1.807) is 6.20 Å². The van der Waals surface area contributed by atoms with Gasteiger partial charge in [0.05, 0.1) is 11.5 Å². The van der Waals surface area contributed by atoms with Crippen LogP contribution < -0.4 is 14.8 Å². The fraction of sp³-hybridized carbons (Fsp3) is 0.346. The fourth-order valence-electron chi connectivity index (χ4n) is 5.21. The van der Waals surface area contributed by atoms with Crippen molar-refractivity contribution < 1.29 is 24.2 Å². The van der Waals surface area contributed by atoms with Gasteiger partial charge in [-0.05, 0) is 55.0 Å². The van der Waals surface area contributed by atoms with E-state index in [-0.39, 0.29) is 18.7 Å². The van der Waals surface area contributed by atoms with Crippen molar-refractivity contribution >= 4 is 39.9 Å². The molecule has 1 amide bonds. The van der Waals surface area contributed by atoms with Crippen molar-refractivity contribution in [3.8, 4) is 11.5 Å². The number of hydrogen-bond donors (Lipinski definition) is 2. The summed E-state index contributed by atoms with van der Waals surface area (Å²) in [5, 5.41) is 13.9. The molecule has 3 aliphatic rings. The van der Waals surface area contributed by atoms with Gasteiger partial charge in [-0.3, -0.25) is 14.5 Å². The molecule has 10 heteroatoms. The van der Waals surface area contributed by atoms with Crippen molar-refractivity contribution in [1.29, 1.82) is 0 Å². The lowest BCUT2D eigenvalue weighted by atomic mass is 9.94. The van der Waals surface area contributed by atoms with Gasteiger partial charge < -0.3 is 19.9 Å². The SMILES string of the molecule is O=C(O)C1CCCN1C(c1cnc(NC(=O)C2(c3ccc4c(c3)OCO4)CC2)s1)c1ccccc1Cl. The number of ether oxygens (including phenoxy) is 2. The molecule has 6 rings (SSSR count). The highest BCUT2D eigenvalue weighted by molar-refractivity contribution is 7.15.